The molecule has 0 aromatic carbocycles. The fraction of sp³-hybridized carbons (Fsp3) is 1.00. The van der Waals surface area contributed by atoms with E-state index in [1.165, 1.54) is 0 Å². The molecule has 1 unspecified atom stereocenters. The molecular formula is C9H29AlCl3N2PSi3. The SMILES string of the molecule is C[Si](C)(C)[N]([PH2+]N([Si](C)(C)C)[Si](C)(C)C)[Al-]([Cl])([Cl])[Cl]. The van der Waals surface area contributed by atoms with Crippen molar-refractivity contribution in [1.82, 2.24) is 7.32 Å². The first-order valence-corrected chi connectivity index (χ1v) is 23.7. The number of hydrogen-bond acceptors (Lipinski definition) is 2. The second-order valence-corrected chi connectivity index (χ2v) is 36.2. The first-order valence-electron chi connectivity index (χ1n) is 6.60. The number of halogens is 3. The highest BCUT2D eigenvalue weighted by Crippen LogP contribution is 2.45. The number of rotatable bonds is 6. The van der Waals surface area contributed by atoms with Crippen molar-refractivity contribution in [3.63, 3.8) is 0 Å². The van der Waals surface area contributed by atoms with Gasteiger partial charge < -0.3 is 33.5 Å². The van der Waals surface area contributed by atoms with Gasteiger partial charge in [-0.05, 0) is 0 Å². The summed E-state index contributed by atoms with van der Waals surface area (Å²) in [5.41, 5.74) is 0. The quantitative estimate of drug-likeness (QED) is 0.419. The molecule has 116 valence electrons. The summed E-state index contributed by atoms with van der Waals surface area (Å²) >= 11 is 0. The summed E-state index contributed by atoms with van der Waals surface area (Å²) in [5.74, 6) is 0. The van der Waals surface area contributed by atoms with Gasteiger partial charge >= 0.3 is 10.5 Å². The van der Waals surface area contributed by atoms with Gasteiger partial charge in [-0.15, -0.1) is 0 Å². The largest absolute Gasteiger partial charge is 0.582 e. The highest BCUT2D eigenvalue weighted by molar-refractivity contribution is 7.70. The predicted octanol–water partition coefficient (Wildman–Crippen LogP) is 5.49. The Bertz CT molecular complexity index is 252. The van der Waals surface area contributed by atoms with E-state index in [9.17, 15) is 0 Å². The summed E-state index contributed by atoms with van der Waals surface area (Å²) in [5, 5.41) is 0. The maximum absolute atomic E-state index is 6.41. The third-order valence-electron chi connectivity index (χ3n) is 2.78. The van der Waals surface area contributed by atoms with Crippen LogP contribution in [0.25, 0.3) is 0 Å². The van der Waals surface area contributed by atoms with Crippen LogP contribution in [0.4, 0.5) is 0 Å². The van der Waals surface area contributed by atoms with Gasteiger partial charge in [0.05, 0.1) is 8.88 Å². The van der Waals surface area contributed by atoms with Gasteiger partial charge in [-0.2, -0.15) is 0 Å². The Labute approximate surface area is 139 Å². The van der Waals surface area contributed by atoms with Gasteiger partial charge in [0.2, 0.25) is 0 Å². The molecule has 0 aliphatic rings. The van der Waals surface area contributed by atoms with Crippen molar-refractivity contribution in [2.24, 2.45) is 0 Å². The molecule has 1 atom stereocenters. The van der Waals surface area contributed by atoms with Gasteiger partial charge in [-0.3, -0.25) is 0 Å². The van der Waals surface area contributed by atoms with E-state index < -0.39 is 35.2 Å². The Morgan fingerprint density at radius 2 is 1.00 bits per heavy atom. The van der Waals surface area contributed by atoms with Gasteiger partial charge in [0.1, 0.15) is 8.24 Å². The first kappa shape index (κ1) is 21.4. The molecule has 19 heavy (non-hydrogen) atoms. The molecule has 0 fully saturated rings. The van der Waals surface area contributed by atoms with E-state index in [4.69, 9.17) is 30.1 Å². The average Bonchev–Trinajstić information content (AvgIpc) is 1.91. The summed E-state index contributed by atoms with van der Waals surface area (Å²) < 4.78 is 5.13. The minimum atomic E-state index is -3.09. The van der Waals surface area contributed by atoms with E-state index in [0.717, 1.165) is 0 Å². The lowest BCUT2D eigenvalue weighted by molar-refractivity contribution is 0.912. The van der Waals surface area contributed by atoms with Gasteiger partial charge in [0.15, 0.2) is 16.5 Å². The molecule has 0 rings (SSSR count). The zero-order chi connectivity index (χ0) is 15.9. The van der Waals surface area contributed by atoms with Crippen molar-refractivity contribution >= 4 is 74.3 Å². The molecule has 0 N–H and O–H groups in total. The summed E-state index contributed by atoms with van der Waals surface area (Å²) in [6.07, 6.45) is 0. The average molecular weight is 414 g/mol. The van der Waals surface area contributed by atoms with Crippen molar-refractivity contribution < 1.29 is 0 Å². The minimum absolute atomic E-state index is 0.0486. The third kappa shape index (κ3) is 7.48. The molecule has 0 saturated carbocycles. The maximum atomic E-state index is 6.41. The molecule has 0 aromatic rings. The summed E-state index contributed by atoms with van der Waals surface area (Å²) in [6, 6.07) is 0. The zero-order valence-electron chi connectivity index (χ0n) is 13.7. The van der Waals surface area contributed by atoms with E-state index in [-0.39, 0.29) is 8.88 Å². The molecule has 0 radical (unpaired) electrons. The van der Waals surface area contributed by atoms with Crippen molar-refractivity contribution in [2.75, 3.05) is 0 Å². The minimum Gasteiger partial charge on any atom is -0.388 e. The van der Waals surface area contributed by atoms with Crippen molar-refractivity contribution in [1.29, 1.82) is 0 Å². The van der Waals surface area contributed by atoms with Crippen molar-refractivity contribution in [2.45, 2.75) is 58.9 Å². The van der Waals surface area contributed by atoms with Gasteiger partial charge in [0.25, 0.3) is 0 Å². The van der Waals surface area contributed by atoms with Crippen LogP contribution in [0.15, 0.2) is 0 Å². The lowest BCUT2D eigenvalue weighted by atomic mass is 11.8. The Morgan fingerprint density at radius 3 is 1.16 bits per heavy atom. The smallest absolute Gasteiger partial charge is 0.388 e. The second kappa shape index (κ2) is 6.88. The highest BCUT2D eigenvalue weighted by atomic mass is 35.8. The lowest BCUT2D eigenvalue weighted by Gasteiger charge is -2.47. The van der Waals surface area contributed by atoms with E-state index in [2.05, 4.69) is 66.2 Å². The maximum Gasteiger partial charge on any atom is 0.582 e. The Hall–Kier alpha value is 2.40. The standard InChI is InChI=1S/C9H29N2PSi3.Al.3ClH/c1-13(2,3)10-12-11(14(4,5)6)15(7,8)9;;;;/h12H2,1-9H3;;3*1H/q;+3;;;/p-3. The fourth-order valence-electron chi connectivity index (χ4n) is 2.16. The van der Waals surface area contributed by atoms with Crippen LogP contribution >= 0.6 is 39.0 Å². The fourth-order valence-corrected chi connectivity index (χ4v) is 31.0. The molecular weight excluding hydrogens is 385 g/mol. The monoisotopic (exact) mass is 412 g/mol. The van der Waals surface area contributed by atoms with Crippen LogP contribution in [-0.4, -0.2) is 42.6 Å². The summed E-state index contributed by atoms with van der Waals surface area (Å²) in [4.78, 5) is 0. The Balaban J connectivity index is 5.43. The van der Waals surface area contributed by atoms with E-state index >= 15 is 0 Å². The first-order chi connectivity index (χ1) is 7.97. The van der Waals surface area contributed by atoms with Crippen LogP contribution in [0, 0.1) is 0 Å². The molecule has 0 aliphatic heterocycles. The van der Waals surface area contributed by atoms with E-state index in [1.807, 2.05) is 0 Å². The van der Waals surface area contributed by atoms with E-state index in [0.29, 0.717) is 0 Å². The Morgan fingerprint density at radius 1 is 0.684 bits per heavy atom. The third-order valence-corrected chi connectivity index (χ3v) is 30.7. The molecule has 2 nitrogen and oxygen atoms in total. The number of nitrogens with zero attached hydrogens (tertiary/aromatic N) is 2. The second-order valence-electron chi connectivity index (χ2n) is 7.95. The van der Waals surface area contributed by atoms with Gasteiger partial charge in [-0.25, -0.2) is 4.00 Å². The summed E-state index contributed by atoms with van der Waals surface area (Å²) in [6.45, 7) is 21.3. The molecule has 10 heteroatoms. The lowest BCUT2D eigenvalue weighted by Crippen LogP contribution is -2.59. The van der Waals surface area contributed by atoms with Gasteiger partial charge in [0, 0.05) is 0 Å². The van der Waals surface area contributed by atoms with Crippen LogP contribution in [0.3, 0.4) is 0 Å². The predicted molar refractivity (Wildman–Crippen MR) is 107 cm³/mol. The molecule has 0 aromatic heterocycles. The van der Waals surface area contributed by atoms with Crippen LogP contribution in [0.2, 0.25) is 58.9 Å². The Kier molecular flexibility index (Phi) is 7.76. The van der Waals surface area contributed by atoms with Crippen molar-refractivity contribution in [3.8, 4) is 0 Å². The highest BCUT2D eigenvalue weighted by Gasteiger charge is 2.48. The molecule has 0 amide bonds. The summed E-state index contributed by atoms with van der Waals surface area (Å²) in [7, 11) is 11.7. The van der Waals surface area contributed by atoms with E-state index in [1.54, 1.807) is 0 Å². The number of hydrogen-bond donors (Lipinski definition) is 0. The van der Waals surface area contributed by atoms with Crippen LogP contribution in [0.1, 0.15) is 0 Å². The molecule has 0 aliphatic carbocycles. The van der Waals surface area contributed by atoms with Crippen LogP contribution < -0.4 is 0 Å². The van der Waals surface area contributed by atoms with Crippen LogP contribution in [0.5, 0.6) is 0 Å². The molecule has 0 spiro atoms. The zero-order valence-corrected chi connectivity index (χ0v) is 21.3. The normalized spacial score (nSPS) is 16.1. The van der Waals surface area contributed by atoms with Crippen molar-refractivity contribution in [3.05, 3.63) is 0 Å². The topological polar surface area (TPSA) is 6.48 Å². The molecule has 0 heterocycles. The van der Waals surface area contributed by atoms with Gasteiger partial charge in [-0.1, -0.05) is 58.9 Å². The molecule has 0 saturated heterocycles. The molecule has 0 bridgehead atoms. The van der Waals surface area contributed by atoms with Crippen LogP contribution in [-0.2, 0) is 0 Å².